The first-order valence-electron chi connectivity index (χ1n) is 5.84. The zero-order valence-corrected chi connectivity index (χ0v) is 12.5. The van der Waals surface area contributed by atoms with Gasteiger partial charge in [-0.3, -0.25) is 4.57 Å². The van der Waals surface area contributed by atoms with Crippen molar-refractivity contribution < 1.29 is 24.4 Å². The molecule has 1 unspecified atom stereocenters. The van der Waals surface area contributed by atoms with E-state index in [0.717, 1.165) is 10.9 Å². The van der Waals surface area contributed by atoms with Gasteiger partial charge in [0.15, 0.2) is 17.7 Å². The van der Waals surface area contributed by atoms with Gasteiger partial charge in [0.25, 0.3) is 5.85 Å². The van der Waals surface area contributed by atoms with Crippen molar-refractivity contribution in [1.82, 2.24) is 19.5 Å². The molecule has 21 heavy (non-hydrogen) atoms. The molecule has 0 spiro atoms. The zero-order chi connectivity index (χ0) is 15.4. The van der Waals surface area contributed by atoms with E-state index in [1.807, 2.05) is 0 Å². The Morgan fingerprint density at radius 2 is 2.19 bits per heavy atom. The van der Waals surface area contributed by atoms with Gasteiger partial charge in [-0.15, -0.1) is 0 Å². The van der Waals surface area contributed by atoms with Crippen molar-refractivity contribution in [2.24, 2.45) is 0 Å². The average Bonchev–Trinajstić information content (AvgIpc) is 2.92. The van der Waals surface area contributed by atoms with Crippen molar-refractivity contribution in [3.63, 3.8) is 0 Å². The Bertz CT molecular complexity index is 681. The number of hydrogen-bond donors (Lipinski definition) is 4. The largest absolute Gasteiger partial charge is 0.384 e. The molecule has 1 fully saturated rings. The quantitative estimate of drug-likeness (QED) is 0.368. The van der Waals surface area contributed by atoms with Crippen molar-refractivity contribution in [2.75, 3.05) is 5.73 Å². The van der Waals surface area contributed by atoms with Gasteiger partial charge in [-0.1, -0.05) is 0 Å². The van der Waals surface area contributed by atoms with Gasteiger partial charge in [0, 0.05) is 0 Å². The smallest absolute Gasteiger partial charge is 0.281 e. The van der Waals surface area contributed by atoms with Gasteiger partial charge < -0.3 is 25.8 Å². The fraction of sp³-hybridized carbons (Fsp3) is 0.500. The Hall–Kier alpha value is -1.15. The fourth-order valence-electron chi connectivity index (χ4n) is 2.21. The van der Waals surface area contributed by atoms with Gasteiger partial charge in [0.2, 0.25) is 0 Å². The van der Waals surface area contributed by atoms with Gasteiger partial charge in [0.05, 0.1) is 6.33 Å². The van der Waals surface area contributed by atoms with Crippen molar-refractivity contribution in [2.45, 2.75) is 28.4 Å². The van der Waals surface area contributed by atoms with Crippen molar-refractivity contribution in [1.29, 1.82) is 0 Å². The number of nitrogens with zero attached hydrogens (tertiary/aromatic N) is 4. The van der Waals surface area contributed by atoms with Crippen LogP contribution in [-0.4, -0.2) is 57.0 Å². The fourth-order valence-corrected chi connectivity index (χ4v) is 2.78. The second-order valence-electron chi connectivity index (χ2n) is 4.58. The number of aromatic nitrogens is 4. The molecule has 2 aromatic heterocycles. The maximum atomic E-state index is 14.4. The van der Waals surface area contributed by atoms with Gasteiger partial charge in [0.1, 0.15) is 28.2 Å². The van der Waals surface area contributed by atoms with E-state index in [1.54, 1.807) is 22.6 Å². The maximum absolute atomic E-state index is 14.4. The first kappa shape index (κ1) is 14.8. The number of imidazole rings is 1. The van der Waals surface area contributed by atoms with Crippen LogP contribution in [0.3, 0.4) is 0 Å². The Morgan fingerprint density at radius 1 is 1.48 bits per heavy atom. The van der Waals surface area contributed by atoms with Gasteiger partial charge in [-0.25, -0.2) is 19.3 Å². The number of anilines is 1. The van der Waals surface area contributed by atoms with Crippen molar-refractivity contribution in [3.8, 4) is 0 Å². The highest BCUT2D eigenvalue weighted by molar-refractivity contribution is 14.1. The minimum atomic E-state index is -3.12. The molecule has 0 amide bonds. The number of hydrogen-bond acceptors (Lipinski definition) is 8. The predicted molar refractivity (Wildman–Crippen MR) is 75.7 cm³/mol. The molecule has 1 aliphatic heterocycles. The first-order valence-corrected chi connectivity index (χ1v) is 7.08. The van der Waals surface area contributed by atoms with Crippen molar-refractivity contribution in [3.05, 3.63) is 12.7 Å². The van der Waals surface area contributed by atoms with E-state index in [1.165, 1.54) is 6.33 Å². The molecule has 0 saturated carbocycles. The number of ether oxygens (including phenoxy) is 1. The van der Waals surface area contributed by atoms with Crippen LogP contribution in [0.5, 0.6) is 0 Å². The molecule has 0 aliphatic carbocycles. The summed E-state index contributed by atoms with van der Waals surface area (Å²) in [5.41, 5.74) is 5.98. The maximum Gasteiger partial charge on any atom is 0.281 e. The van der Waals surface area contributed by atoms with Crippen LogP contribution in [0.25, 0.3) is 11.2 Å². The standard InChI is InChI=1S/C10H11FIN5O4/c11-10(20)5(18)4(6(12)19)21-9(10)17-2-16-3-7(13)14-1-15-8(3)17/h1-2,4-6,9,18-20H,(H2,13,14,15)/t4-,5+,6?,9+,10+/m0/s1. The first-order chi connectivity index (χ1) is 9.84. The van der Waals surface area contributed by atoms with Crippen LogP contribution in [0.2, 0.25) is 0 Å². The molecule has 11 heteroatoms. The molecular formula is C10H11FIN5O4. The molecule has 9 nitrogen and oxygen atoms in total. The van der Waals surface area contributed by atoms with E-state index in [4.69, 9.17) is 10.5 Å². The summed E-state index contributed by atoms with van der Waals surface area (Å²) in [7, 11) is 0. The number of aliphatic hydroxyl groups is 3. The topological polar surface area (TPSA) is 140 Å². The zero-order valence-electron chi connectivity index (χ0n) is 10.3. The highest BCUT2D eigenvalue weighted by Crippen LogP contribution is 2.42. The van der Waals surface area contributed by atoms with Gasteiger partial charge in [-0.2, -0.15) is 0 Å². The summed E-state index contributed by atoms with van der Waals surface area (Å²) in [6.07, 6.45) is -2.53. The van der Waals surface area contributed by atoms with Crippen LogP contribution in [0.4, 0.5) is 10.2 Å². The molecule has 114 valence electrons. The van der Waals surface area contributed by atoms with E-state index in [-0.39, 0.29) is 17.0 Å². The Balaban J connectivity index is 2.08. The van der Waals surface area contributed by atoms with E-state index in [2.05, 4.69) is 15.0 Å². The number of nitrogen functional groups attached to an aromatic ring is 1. The summed E-state index contributed by atoms with van der Waals surface area (Å²) in [4.78, 5) is 11.6. The van der Waals surface area contributed by atoms with Crippen molar-refractivity contribution >= 4 is 39.6 Å². The third kappa shape index (κ3) is 2.15. The molecule has 1 saturated heterocycles. The highest BCUT2D eigenvalue weighted by Gasteiger charge is 2.59. The molecule has 2 aromatic rings. The molecule has 0 bridgehead atoms. The Morgan fingerprint density at radius 3 is 2.81 bits per heavy atom. The number of aliphatic hydroxyl groups excluding tert-OH is 2. The molecule has 5 atom stereocenters. The summed E-state index contributed by atoms with van der Waals surface area (Å²) < 4.78 is 19.5. The van der Waals surface area contributed by atoms with Crippen LogP contribution < -0.4 is 5.73 Å². The molecule has 5 N–H and O–H groups in total. The summed E-state index contributed by atoms with van der Waals surface area (Å²) >= 11 is 1.55. The second kappa shape index (κ2) is 4.95. The van der Waals surface area contributed by atoms with Gasteiger partial charge >= 0.3 is 0 Å². The lowest BCUT2D eigenvalue weighted by Crippen LogP contribution is -2.44. The number of fused-ring (bicyclic) bond motifs is 1. The number of nitrogens with two attached hydrogens (primary N) is 1. The van der Waals surface area contributed by atoms with Crippen LogP contribution >= 0.6 is 22.6 Å². The predicted octanol–water partition coefficient (Wildman–Crippen LogP) is -0.922. The minimum absolute atomic E-state index is 0.0881. The van der Waals surface area contributed by atoms with Crippen LogP contribution in [0.1, 0.15) is 6.23 Å². The minimum Gasteiger partial charge on any atom is -0.384 e. The summed E-state index contributed by atoms with van der Waals surface area (Å²) in [6.45, 7) is 0. The normalized spacial score (nSPS) is 34.4. The lowest BCUT2D eigenvalue weighted by atomic mass is 10.1. The van der Waals surface area contributed by atoms with Crippen LogP contribution in [0.15, 0.2) is 12.7 Å². The Kier molecular flexibility index (Phi) is 3.48. The third-order valence-corrected chi connectivity index (χ3v) is 3.98. The lowest BCUT2D eigenvalue weighted by Gasteiger charge is -2.23. The molecule has 3 rings (SSSR count). The van der Waals surface area contributed by atoms with E-state index in [9.17, 15) is 19.7 Å². The lowest BCUT2D eigenvalue weighted by molar-refractivity contribution is -0.195. The third-order valence-electron chi connectivity index (χ3n) is 3.27. The molecule has 0 aromatic carbocycles. The molecule has 0 radical (unpaired) electrons. The molecular weight excluding hydrogens is 400 g/mol. The number of rotatable bonds is 2. The van der Waals surface area contributed by atoms with E-state index >= 15 is 0 Å². The summed E-state index contributed by atoms with van der Waals surface area (Å²) in [6, 6.07) is 0. The average molecular weight is 411 g/mol. The van der Waals surface area contributed by atoms with Gasteiger partial charge in [-0.05, 0) is 22.6 Å². The second-order valence-corrected chi connectivity index (χ2v) is 5.86. The SMILES string of the molecule is Nc1ncnc2c1ncn2[C@@H]1O[C@H](C(O)I)[C@@H](O)[C@]1(O)F. The molecule has 1 aliphatic rings. The summed E-state index contributed by atoms with van der Waals surface area (Å²) in [5.74, 6) is -3.03. The molecule has 3 heterocycles. The number of alkyl halides is 2. The van der Waals surface area contributed by atoms with E-state index in [0.29, 0.717) is 0 Å². The number of halogens is 2. The van der Waals surface area contributed by atoms with Crippen LogP contribution in [-0.2, 0) is 4.74 Å². The monoisotopic (exact) mass is 411 g/mol. The Labute approximate surface area is 130 Å². The van der Waals surface area contributed by atoms with E-state index < -0.39 is 28.4 Å². The summed E-state index contributed by atoms with van der Waals surface area (Å²) in [5, 5.41) is 29.1. The highest BCUT2D eigenvalue weighted by atomic mass is 127. The van der Waals surface area contributed by atoms with Crippen LogP contribution in [0, 0.1) is 0 Å².